The average Bonchev–Trinajstić information content (AvgIpc) is 2.54. The molecule has 1 saturated carbocycles. The molecular formula is C20H23ClO3. The number of allylic oxidation sites excluding steroid dienone is 1. The van der Waals surface area contributed by atoms with Crippen LogP contribution in [-0.2, 0) is 0 Å². The number of halogens is 1. The highest BCUT2D eigenvalue weighted by Crippen LogP contribution is 2.43. The minimum Gasteiger partial charge on any atom is -0.507 e. The van der Waals surface area contributed by atoms with Crippen LogP contribution in [0.1, 0.15) is 50.5 Å². The number of hydrogen-bond acceptors (Lipinski definition) is 3. The van der Waals surface area contributed by atoms with Crippen molar-refractivity contribution in [1.82, 2.24) is 0 Å². The van der Waals surface area contributed by atoms with Gasteiger partial charge in [-0.05, 0) is 57.1 Å². The predicted octanol–water partition coefficient (Wildman–Crippen LogP) is 5.35. The zero-order chi connectivity index (χ0) is 17.3. The maximum Gasteiger partial charge on any atom is 0.343 e. The highest BCUT2D eigenvalue weighted by atomic mass is 35.5. The SMILES string of the molecule is C=C(C)CC(c1c(O)c2ccccc2oc1=O)C1CCC(Cl)CC1. The Bertz CT molecular complexity index is 800. The fraction of sp³-hybridized carbons (Fsp3) is 0.450. The maximum atomic E-state index is 12.6. The zero-order valence-electron chi connectivity index (χ0n) is 13.9. The van der Waals surface area contributed by atoms with Crippen molar-refractivity contribution in [2.75, 3.05) is 0 Å². The standard InChI is InChI=1S/C20H23ClO3/c1-12(2)11-16(13-7-9-14(21)10-8-13)18-19(22)15-5-3-4-6-17(15)24-20(18)23/h3-6,13-14,16,22H,1,7-11H2,2H3. The second-order valence-electron chi connectivity index (χ2n) is 6.93. The molecule has 1 atom stereocenters. The topological polar surface area (TPSA) is 50.4 Å². The third-order valence-electron chi connectivity index (χ3n) is 5.03. The summed E-state index contributed by atoms with van der Waals surface area (Å²) in [5.74, 6) is 0.292. The molecule has 1 aromatic heterocycles. The molecule has 1 aliphatic rings. The van der Waals surface area contributed by atoms with Crippen LogP contribution in [-0.4, -0.2) is 10.5 Å². The molecule has 0 amide bonds. The van der Waals surface area contributed by atoms with E-state index >= 15 is 0 Å². The lowest BCUT2D eigenvalue weighted by Gasteiger charge is -2.32. The second-order valence-corrected chi connectivity index (χ2v) is 7.54. The number of rotatable bonds is 4. The molecule has 24 heavy (non-hydrogen) atoms. The summed E-state index contributed by atoms with van der Waals surface area (Å²) in [7, 11) is 0. The summed E-state index contributed by atoms with van der Waals surface area (Å²) in [5.41, 5.74) is 1.38. The third-order valence-corrected chi connectivity index (χ3v) is 5.47. The van der Waals surface area contributed by atoms with Gasteiger partial charge in [-0.3, -0.25) is 0 Å². The van der Waals surface area contributed by atoms with Gasteiger partial charge in [0.15, 0.2) is 0 Å². The van der Waals surface area contributed by atoms with Crippen LogP contribution in [0.2, 0.25) is 0 Å². The Balaban J connectivity index is 2.08. The van der Waals surface area contributed by atoms with Gasteiger partial charge < -0.3 is 9.52 Å². The summed E-state index contributed by atoms with van der Waals surface area (Å²) < 4.78 is 5.48. The molecule has 0 bridgehead atoms. The number of alkyl halides is 1. The van der Waals surface area contributed by atoms with E-state index in [2.05, 4.69) is 6.58 Å². The Morgan fingerprint density at radius 1 is 1.33 bits per heavy atom. The van der Waals surface area contributed by atoms with E-state index in [4.69, 9.17) is 16.0 Å². The van der Waals surface area contributed by atoms with Gasteiger partial charge in [0.1, 0.15) is 11.3 Å². The van der Waals surface area contributed by atoms with Crippen molar-refractivity contribution in [2.45, 2.75) is 50.3 Å². The van der Waals surface area contributed by atoms with Gasteiger partial charge in [0, 0.05) is 11.3 Å². The van der Waals surface area contributed by atoms with Crippen molar-refractivity contribution in [1.29, 1.82) is 0 Å². The van der Waals surface area contributed by atoms with E-state index in [1.807, 2.05) is 13.0 Å². The van der Waals surface area contributed by atoms with E-state index in [0.29, 0.717) is 28.9 Å². The molecule has 4 heteroatoms. The zero-order valence-corrected chi connectivity index (χ0v) is 14.7. The van der Waals surface area contributed by atoms with Gasteiger partial charge in [-0.1, -0.05) is 17.7 Å². The number of fused-ring (bicyclic) bond motifs is 1. The second kappa shape index (κ2) is 7.02. The first-order valence-corrected chi connectivity index (χ1v) is 8.94. The predicted molar refractivity (Wildman–Crippen MR) is 97.9 cm³/mol. The average molecular weight is 347 g/mol. The lowest BCUT2D eigenvalue weighted by atomic mass is 9.74. The highest BCUT2D eigenvalue weighted by Gasteiger charge is 2.32. The molecule has 1 N–H and O–H groups in total. The summed E-state index contributed by atoms with van der Waals surface area (Å²) in [6.07, 6.45) is 4.47. The van der Waals surface area contributed by atoms with Gasteiger partial charge in [-0.25, -0.2) is 4.79 Å². The number of hydrogen-bond donors (Lipinski definition) is 1. The molecular weight excluding hydrogens is 324 g/mol. The van der Waals surface area contributed by atoms with Crippen molar-refractivity contribution < 1.29 is 9.52 Å². The van der Waals surface area contributed by atoms with Gasteiger partial charge in [0.25, 0.3) is 0 Å². The molecule has 3 rings (SSSR count). The molecule has 2 aromatic rings. The first kappa shape index (κ1) is 17.1. The third kappa shape index (κ3) is 3.36. The van der Waals surface area contributed by atoms with Crippen molar-refractivity contribution in [2.24, 2.45) is 5.92 Å². The molecule has 3 nitrogen and oxygen atoms in total. The first-order valence-electron chi connectivity index (χ1n) is 8.50. The van der Waals surface area contributed by atoms with Crippen molar-refractivity contribution in [3.05, 3.63) is 52.4 Å². The van der Waals surface area contributed by atoms with E-state index in [-0.39, 0.29) is 17.0 Å². The van der Waals surface area contributed by atoms with Crippen molar-refractivity contribution in [3.8, 4) is 5.75 Å². The van der Waals surface area contributed by atoms with Gasteiger partial charge in [-0.15, -0.1) is 18.2 Å². The lowest BCUT2D eigenvalue weighted by molar-refractivity contribution is 0.295. The van der Waals surface area contributed by atoms with Gasteiger partial charge >= 0.3 is 5.63 Å². The summed E-state index contributed by atoms with van der Waals surface area (Å²) in [5, 5.41) is 11.6. The molecule has 0 radical (unpaired) electrons. The lowest BCUT2D eigenvalue weighted by Crippen LogP contribution is -2.25. The van der Waals surface area contributed by atoms with Crippen LogP contribution < -0.4 is 5.63 Å². The van der Waals surface area contributed by atoms with E-state index in [1.54, 1.807) is 18.2 Å². The van der Waals surface area contributed by atoms with E-state index < -0.39 is 5.63 Å². The molecule has 128 valence electrons. The van der Waals surface area contributed by atoms with E-state index in [9.17, 15) is 9.90 Å². The van der Waals surface area contributed by atoms with Crippen LogP contribution in [0.25, 0.3) is 11.0 Å². The minimum absolute atomic E-state index is 0.0566. The Labute approximate surface area is 146 Å². The Morgan fingerprint density at radius 2 is 2.00 bits per heavy atom. The molecule has 0 saturated heterocycles. The number of benzene rings is 1. The molecule has 1 aromatic carbocycles. The molecule has 0 spiro atoms. The van der Waals surface area contributed by atoms with Crippen molar-refractivity contribution >= 4 is 22.6 Å². The monoisotopic (exact) mass is 346 g/mol. The Hall–Kier alpha value is -1.74. The minimum atomic E-state index is -0.439. The molecule has 0 aliphatic heterocycles. The van der Waals surface area contributed by atoms with Crippen LogP contribution in [0.4, 0.5) is 0 Å². The fourth-order valence-corrected chi connectivity index (χ4v) is 4.09. The number of aromatic hydroxyl groups is 1. The van der Waals surface area contributed by atoms with E-state index in [1.165, 1.54) is 0 Å². The number of para-hydroxylation sites is 1. The van der Waals surface area contributed by atoms with Crippen LogP contribution in [0.15, 0.2) is 45.6 Å². The summed E-state index contributed by atoms with van der Waals surface area (Å²) >= 11 is 6.23. The quantitative estimate of drug-likeness (QED) is 0.461. The van der Waals surface area contributed by atoms with E-state index in [0.717, 1.165) is 31.3 Å². The summed E-state index contributed by atoms with van der Waals surface area (Å²) in [4.78, 5) is 12.6. The highest BCUT2D eigenvalue weighted by molar-refractivity contribution is 6.20. The fourth-order valence-electron chi connectivity index (χ4n) is 3.84. The van der Waals surface area contributed by atoms with Gasteiger partial charge in [0.2, 0.25) is 0 Å². The summed E-state index contributed by atoms with van der Waals surface area (Å²) in [6.45, 7) is 5.97. The molecule has 1 heterocycles. The molecule has 1 unspecified atom stereocenters. The van der Waals surface area contributed by atoms with Crippen LogP contribution in [0.3, 0.4) is 0 Å². The van der Waals surface area contributed by atoms with Gasteiger partial charge in [0.05, 0.1) is 10.9 Å². The normalized spacial score (nSPS) is 22.4. The van der Waals surface area contributed by atoms with Crippen LogP contribution in [0, 0.1) is 5.92 Å². The van der Waals surface area contributed by atoms with Crippen LogP contribution >= 0.6 is 11.6 Å². The summed E-state index contributed by atoms with van der Waals surface area (Å²) in [6, 6.07) is 7.10. The van der Waals surface area contributed by atoms with Crippen molar-refractivity contribution in [3.63, 3.8) is 0 Å². The maximum absolute atomic E-state index is 12.6. The Kier molecular flexibility index (Phi) is 5.00. The first-order chi connectivity index (χ1) is 11.5. The van der Waals surface area contributed by atoms with Gasteiger partial charge in [-0.2, -0.15) is 0 Å². The largest absolute Gasteiger partial charge is 0.507 e. The molecule has 1 fully saturated rings. The van der Waals surface area contributed by atoms with Crippen LogP contribution in [0.5, 0.6) is 5.75 Å². The smallest absolute Gasteiger partial charge is 0.343 e. The Morgan fingerprint density at radius 3 is 2.67 bits per heavy atom. The molecule has 1 aliphatic carbocycles.